The largest absolute Gasteiger partial charge is 0.338 e. The molecule has 0 unspecified atom stereocenters. The van der Waals surface area contributed by atoms with E-state index >= 15 is 0 Å². The molecule has 0 bridgehead atoms. The van der Waals surface area contributed by atoms with Crippen LogP contribution in [0, 0.1) is 5.41 Å². The zero-order chi connectivity index (χ0) is 11.5. The van der Waals surface area contributed by atoms with Crippen LogP contribution in [0.4, 0.5) is 5.88 Å². The van der Waals surface area contributed by atoms with Gasteiger partial charge in [0.2, 0.25) is 11.8 Å². The topological polar surface area (TPSA) is 72.2 Å². The van der Waals surface area contributed by atoms with E-state index in [9.17, 15) is 9.59 Å². The third-order valence-corrected chi connectivity index (χ3v) is 1.86. The van der Waals surface area contributed by atoms with Crippen molar-refractivity contribution in [3.8, 4) is 0 Å². The maximum absolute atomic E-state index is 11.5. The first kappa shape index (κ1) is 11.4. The smallest absolute Gasteiger partial charge is 0.234 e. The van der Waals surface area contributed by atoms with Gasteiger partial charge in [0.25, 0.3) is 0 Å². The van der Waals surface area contributed by atoms with E-state index in [0.717, 1.165) is 0 Å². The molecule has 1 rings (SSSR count). The van der Waals surface area contributed by atoms with Crippen LogP contribution in [0.25, 0.3) is 0 Å². The lowest BCUT2D eigenvalue weighted by atomic mass is 9.89. The summed E-state index contributed by atoms with van der Waals surface area (Å²) in [5, 5.41) is 5.86. The quantitative estimate of drug-likeness (QED) is 0.769. The second-order valence-electron chi connectivity index (χ2n) is 4.27. The standard InChI is InChI=1S/C10H14N2O3/c1-10(2,3)7(13)6-8(14)12-9-4-5-11-15-9/h4-5H,6H2,1-3H3,(H,12,14). The van der Waals surface area contributed by atoms with Crippen LogP contribution in [0.2, 0.25) is 0 Å². The Hall–Kier alpha value is -1.65. The molecule has 0 saturated carbocycles. The van der Waals surface area contributed by atoms with Crippen LogP contribution < -0.4 is 5.32 Å². The minimum atomic E-state index is -0.501. The van der Waals surface area contributed by atoms with Crippen molar-refractivity contribution in [2.75, 3.05) is 5.32 Å². The molecule has 0 atom stereocenters. The van der Waals surface area contributed by atoms with Gasteiger partial charge >= 0.3 is 0 Å². The number of hydrogen-bond donors (Lipinski definition) is 1. The molecule has 0 radical (unpaired) electrons. The van der Waals surface area contributed by atoms with Crippen LogP contribution in [0.3, 0.4) is 0 Å². The minimum absolute atomic E-state index is 0.112. The molecule has 0 aliphatic rings. The van der Waals surface area contributed by atoms with Gasteiger partial charge in [-0.1, -0.05) is 25.9 Å². The Morgan fingerprint density at radius 2 is 2.13 bits per heavy atom. The van der Waals surface area contributed by atoms with Crippen molar-refractivity contribution >= 4 is 17.6 Å². The number of carbonyl (C=O) groups excluding carboxylic acids is 2. The van der Waals surface area contributed by atoms with Crippen LogP contribution in [0.5, 0.6) is 0 Å². The van der Waals surface area contributed by atoms with Crippen molar-refractivity contribution in [1.29, 1.82) is 0 Å². The average molecular weight is 210 g/mol. The molecule has 5 heteroatoms. The highest BCUT2D eigenvalue weighted by Crippen LogP contribution is 2.17. The van der Waals surface area contributed by atoms with Gasteiger partial charge in [-0.25, -0.2) is 0 Å². The summed E-state index contributed by atoms with van der Waals surface area (Å²) in [7, 11) is 0. The fraction of sp³-hybridized carbons (Fsp3) is 0.500. The van der Waals surface area contributed by atoms with Crippen LogP contribution in [-0.2, 0) is 9.59 Å². The summed E-state index contributed by atoms with van der Waals surface area (Å²) in [5.74, 6) is -0.243. The van der Waals surface area contributed by atoms with Gasteiger partial charge in [0.05, 0.1) is 12.6 Å². The molecule has 1 heterocycles. The number of anilines is 1. The molecule has 1 aromatic heterocycles. The van der Waals surface area contributed by atoms with Gasteiger partial charge in [0.15, 0.2) is 0 Å². The molecule has 1 N–H and O–H groups in total. The van der Waals surface area contributed by atoms with Crippen molar-refractivity contribution in [3.05, 3.63) is 12.3 Å². The maximum Gasteiger partial charge on any atom is 0.234 e. The van der Waals surface area contributed by atoms with E-state index in [0.29, 0.717) is 0 Å². The number of ketones is 1. The van der Waals surface area contributed by atoms with E-state index in [4.69, 9.17) is 0 Å². The monoisotopic (exact) mass is 210 g/mol. The van der Waals surface area contributed by atoms with Crippen molar-refractivity contribution < 1.29 is 14.1 Å². The fourth-order valence-corrected chi connectivity index (χ4v) is 0.873. The number of nitrogens with zero attached hydrogens (tertiary/aromatic N) is 1. The third kappa shape index (κ3) is 3.53. The second-order valence-corrected chi connectivity index (χ2v) is 4.27. The van der Waals surface area contributed by atoms with Crippen LogP contribution >= 0.6 is 0 Å². The van der Waals surface area contributed by atoms with Gasteiger partial charge in [0, 0.05) is 11.5 Å². The number of nitrogens with one attached hydrogen (secondary N) is 1. The molecule has 15 heavy (non-hydrogen) atoms. The molecule has 0 aliphatic heterocycles. The molecule has 0 spiro atoms. The Morgan fingerprint density at radius 3 is 2.60 bits per heavy atom. The minimum Gasteiger partial charge on any atom is -0.338 e. The summed E-state index contributed by atoms with van der Waals surface area (Å²) in [6.45, 7) is 5.32. The normalized spacial score (nSPS) is 11.1. The zero-order valence-electron chi connectivity index (χ0n) is 9.03. The van der Waals surface area contributed by atoms with E-state index in [1.54, 1.807) is 20.8 Å². The van der Waals surface area contributed by atoms with E-state index in [1.807, 2.05) is 0 Å². The molecular weight excluding hydrogens is 196 g/mol. The second kappa shape index (κ2) is 4.25. The Labute approximate surface area is 87.8 Å². The molecular formula is C10H14N2O3. The van der Waals surface area contributed by atoms with Gasteiger partial charge < -0.3 is 4.52 Å². The predicted molar refractivity (Wildman–Crippen MR) is 54.2 cm³/mol. The van der Waals surface area contributed by atoms with Crippen LogP contribution in [-0.4, -0.2) is 16.8 Å². The average Bonchev–Trinajstić information content (AvgIpc) is 2.54. The predicted octanol–water partition coefficient (Wildman–Crippen LogP) is 1.62. The number of Topliss-reactive ketones (excluding diaryl/α,β-unsaturated/α-hetero) is 1. The number of amides is 1. The molecule has 5 nitrogen and oxygen atoms in total. The summed E-state index contributed by atoms with van der Waals surface area (Å²) < 4.78 is 4.68. The van der Waals surface area contributed by atoms with E-state index in [-0.39, 0.29) is 24.0 Å². The van der Waals surface area contributed by atoms with Gasteiger partial charge in [-0.15, -0.1) is 0 Å². The summed E-state index contributed by atoms with van der Waals surface area (Å²) in [6, 6.07) is 1.51. The molecule has 0 aromatic carbocycles. The summed E-state index contributed by atoms with van der Waals surface area (Å²) in [6.07, 6.45) is 1.27. The SMILES string of the molecule is CC(C)(C)C(=O)CC(=O)Nc1ccno1. The van der Waals surface area contributed by atoms with Crippen LogP contribution in [0.1, 0.15) is 27.2 Å². The highest BCUT2D eigenvalue weighted by atomic mass is 16.5. The Morgan fingerprint density at radius 1 is 1.47 bits per heavy atom. The Balaban J connectivity index is 2.47. The number of rotatable bonds is 3. The van der Waals surface area contributed by atoms with E-state index in [2.05, 4.69) is 15.0 Å². The van der Waals surface area contributed by atoms with Crippen molar-refractivity contribution in [2.24, 2.45) is 5.41 Å². The van der Waals surface area contributed by atoms with E-state index in [1.165, 1.54) is 12.3 Å². The number of hydrogen-bond acceptors (Lipinski definition) is 4. The lowest BCUT2D eigenvalue weighted by Gasteiger charge is -2.15. The Kier molecular flexibility index (Phi) is 3.24. The molecule has 1 amide bonds. The summed E-state index contributed by atoms with van der Waals surface area (Å²) >= 11 is 0. The molecule has 0 aliphatic carbocycles. The van der Waals surface area contributed by atoms with Crippen LogP contribution in [0.15, 0.2) is 16.8 Å². The molecule has 0 saturated heterocycles. The molecule has 0 fully saturated rings. The fourth-order valence-electron chi connectivity index (χ4n) is 0.873. The Bertz CT molecular complexity index is 349. The first-order valence-corrected chi connectivity index (χ1v) is 4.63. The van der Waals surface area contributed by atoms with Crippen molar-refractivity contribution in [2.45, 2.75) is 27.2 Å². The van der Waals surface area contributed by atoms with Crippen molar-refractivity contribution in [1.82, 2.24) is 5.16 Å². The summed E-state index contributed by atoms with van der Waals surface area (Å²) in [4.78, 5) is 22.8. The number of carbonyl (C=O) groups is 2. The van der Waals surface area contributed by atoms with Gasteiger partial charge in [0.1, 0.15) is 5.78 Å². The van der Waals surface area contributed by atoms with Gasteiger partial charge in [-0.2, -0.15) is 0 Å². The van der Waals surface area contributed by atoms with Crippen molar-refractivity contribution in [3.63, 3.8) is 0 Å². The maximum atomic E-state index is 11.5. The zero-order valence-corrected chi connectivity index (χ0v) is 9.03. The summed E-state index contributed by atoms with van der Waals surface area (Å²) in [5.41, 5.74) is -0.501. The lowest BCUT2D eigenvalue weighted by Crippen LogP contribution is -2.25. The highest BCUT2D eigenvalue weighted by molar-refractivity contribution is 6.05. The number of aromatic nitrogens is 1. The molecule has 1 aromatic rings. The first-order valence-electron chi connectivity index (χ1n) is 4.63. The highest BCUT2D eigenvalue weighted by Gasteiger charge is 2.23. The van der Waals surface area contributed by atoms with E-state index < -0.39 is 5.41 Å². The van der Waals surface area contributed by atoms with Gasteiger partial charge in [-0.3, -0.25) is 14.9 Å². The van der Waals surface area contributed by atoms with Gasteiger partial charge in [-0.05, 0) is 0 Å². The lowest BCUT2D eigenvalue weighted by molar-refractivity contribution is -0.130. The molecule has 82 valence electrons. The first-order chi connectivity index (χ1) is 6.89. The third-order valence-electron chi connectivity index (χ3n) is 1.86.